The van der Waals surface area contributed by atoms with Gasteiger partial charge in [0.15, 0.2) is 0 Å². The lowest BCUT2D eigenvalue weighted by Gasteiger charge is -2.05. The van der Waals surface area contributed by atoms with E-state index in [0.717, 1.165) is 18.8 Å². The van der Waals surface area contributed by atoms with Crippen LogP contribution in [0.2, 0.25) is 0 Å². The molecule has 0 aliphatic heterocycles. The van der Waals surface area contributed by atoms with E-state index in [1.165, 1.54) is 24.8 Å². The molecule has 94 valence electrons. The predicted octanol–water partition coefficient (Wildman–Crippen LogP) is 3.53. The lowest BCUT2D eigenvalue weighted by atomic mass is 10.2. The molecule has 0 heterocycles. The maximum atomic E-state index is 5.12. The van der Waals surface area contributed by atoms with Gasteiger partial charge < -0.3 is 10.1 Å². The highest BCUT2D eigenvalue weighted by Gasteiger charge is 1.94. The minimum atomic E-state index is 0.917. The smallest absolute Gasteiger partial charge is 0.118 e. The van der Waals surface area contributed by atoms with Crippen molar-refractivity contribution in [3.8, 4) is 5.75 Å². The van der Waals surface area contributed by atoms with E-state index in [2.05, 4.69) is 36.5 Å². The lowest BCUT2D eigenvalue weighted by Crippen LogP contribution is -2.14. The second-order valence-corrected chi connectivity index (χ2v) is 4.09. The normalized spacial score (nSPS) is 10.9. The molecule has 0 fully saturated rings. The first-order valence-electron chi connectivity index (χ1n) is 6.31. The average molecular weight is 233 g/mol. The Morgan fingerprint density at radius 2 is 1.94 bits per heavy atom. The van der Waals surface area contributed by atoms with Crippen molar-refractivity contribution in [2.45, 2.75) is 32.7 Å². The minimum absolute atomic E-state index is 0.917. The van der Waals surface area contributed by atoms with Gasteiger partial charge in [0.25, 0.3) is 0 Å². The molecule has 0 bridgehead atoms. The quantitative estimate of drug-likeness (QED) is 0.548. The molecule has 2 nitrogen and oxygen atoms in total. The van der Waals surface area contributed by atoms with Gasteiger partial charge in [0.1, 0.15) is 5.75 Å². The number of unbranched alkanes of at least 4 members (excludes halogenated alkanes) is 2. The molecule has 1 rings (SSSR count). The molecule has 2 heteroatoms. The highest BCUT2D eigenvalue weighted by atomic mass is 16.5. The zero-order chi connectivity index (χ0) is 12.3. The first kappa shape index (κ1) is 13.8. The van der Waals surface area contributed by atoms with Crippen molar-refractivity contribution in [1.82, 2.24) is 5.32 Å². The third-order valence-electron chi connectivity index (χ3n) is 2.70. The first-order chi connectivity index (χ1) is 8.36. The van der Waals surface area contributed by atoms with Crippen LogP contribution in [0.4, 0.5) is 0 Å². The molecule has 17 heavy (non-hydrogen) atoms. The van der Waals surface area contributed by atoms with Crippen LogP contribution in [0.15, 0.2) is 36.4 Å². The van der Waals surface area contributed by atoms with Crippen LogP contribution in [0, 0.1) is 0 Å². The number of rotatable bonds is 8. The van der Waals surface area contributed by atoms with Crippen LogP contribution in [0.1, 0.15) is 31.7 Å². The van der Waals surface area contributed by atoms with Crippen LogP contribution >= 0.6 is 0 Å². The standard InChI is InChI=1S/C15H23NO/c1-3-4-5-6-7-12-16-13-14-8-10-15(17-2)11-9-14/h3-4,8-11,16H,5-7,12-13H2,1-2H3. The number of allylic oxidation sites excluding steroid dienone is 2. The Hall–Kier alpha value is -1.28. The minimum Gasteiger partial charge on any atom is -0.497 e. The zero-order valence-electron chi connectivity index (χ0n) is 10.9. The van der Waals surface area contributed by atoms with Crippen molar-refractivity contribution >= 4 is 0 Å². The Kier molecular flexibility index (Phi) is 7.15. The van der Waals surface area contributed by atoms with Crippen LogP contribution in [0.3, 0.4) is 0 Å². The summed E-state index contributed by atoms with van der Waals surface area (Å²) in [5, 5.41) is 3.45. The SMILES string of the molecule is CC=CCCCCNCc1ccc(OC)cc1. The van der Waals surface area contributed by atoms with Gasteiger partial charge in [-0.15, -0.1) is 0 Å². The van der Waals surface area contributed by atoms with E-state index in [4.69, 9.17) is 4.74 Å². The van der Waals surface area contributed by atoms with Gasteiger partial charge in [0.2, 0.25) is 0 Å². The van der Waals surface area contributed by atoms with Crippen LogP contribution < -0.4 is 10.1 Å². The molecule has 1 N–H and O–H groups in total. The summed E-state index contributed by atoms with van der Waals surface area (Å²) < 4.78 is 5.12. The molecule has 0 saturated carbocycles. The Balaban J connectivity index is 2.09. The van der Waals surface area contributed by atoms with E-state index in [1.807, 2.05) is 12.1 Å². The Labute approximate surface area is 105 Å². The summed E-state index contributed by atoms with van der Waals surface area (Å²) in [4.78, 5) is 0. The maximum absolute atomic E-state index is 5.12. The van der Waals surface area contributed by atoms with E-state index in [0.29, 0.717) is 0 Å². The summed E-state index contributed by atoms with van der Waals surface area (Å²) in [7, 11) is 1.69. The summed E-state index contributed by atoms with van der Waals surface area (Å²) >= 11 is 0. The van der Waals surface area contributed by atoms with Gasteiger partial charge in [-0.1, -0.05) is 24.3 Å². The summed E-state index contributed by atoms with van der Waals surface area (Å²) in [5.41, 5.74) is 1.30. The van der Waals surface area contributed by atoms with Crippen LogP contribution in [0.5, 0.6) is 5.75 Å². The molecule has 0 aliphatic rings. The number of hydrogen-bond acceptors (Lipinski definition) is 2. The fourth-order valence-electron chi connectivity index (χ4n) is 1.65. The molecular weight excluding hydrogens is 210 g/mol. The molecule has 0 aliphatic carbocycles. The highest BCUT2D eigenvalue weighted by molar-refractivity contribution is 5.26. The van der Waals surface area contributed by atoms with Gasteiger partial charge >= 0.3 is 0 Å². The van der Waals surface area contributed by atoms with Gasteiger partial charge in [-0.3, -0.25) is 0 Å². The molecule has 0 spiro atoms. The zero-order valence-corrected chi connectivity index (χ0v) is 10.9. The number of hydrogen-bond donors (Lipinski definition) is 1. The summed E-state index contributed by atoms with van der Waals surface area (Å²) in [6, 6.07) is 8.21. The fraction of sp³-hybridized carbons (Fsp3) is 0.467. The van der Waals surface area contributed by atoms with Crippen molar-refractivity contribution in [2.24, 2.45) is 0 Å². The number of ether oxygens (including phenoxy) is 1. The van der Waals surface area contributed by atoms with E-state index < -0.39 is 0 Å². The third-order valence-corrected chi connectivity index (χ3v) is 2.70. The van der Waals surface area contributed by atoms with E-state index in [-0.39, 0.29) is 0 Å². The number of methoxy groups -OCH3 is 1. The van der Waals surface area contributed by atoms with Gasteiger partial charge in [0, 0.05) is 6.54 Å². The Morgan fingerprint density at radius 1 is 1.18 bits per heavy atom. The monoisotopic (exact) mass is 233 g/mol. The molecule has 0 aromatic heterocycles. The predicted molar refractivity (Wildman–Crippen MR) is 73.4 cm³/mol. The van der Waals surface area contributed by atoms with E-state index in [9.17, 15) is 0 Å². The van der Waals surface area contributed by atoms with Gasteiger partial charge in [-0.2, -0.15) is 0 Å². The maximum Gasteiger partial charge on any atom is 0.118 e. The molecule has 1 aromatic rings. The highest BCUT2D eigenvalue weighted by Crippen LogP contribution is 2.10. The molecule has 0 amide bonds. The third kappa shape index (κ3) is 6.12. The molecule has 0 radical (unpaired) electrons. The van der Waals surface area contributed by atoms with Crippen molar-refractivity contribution in [2.75, 3.05) is 13.7 Å². The molecule has 0 unspecified atom stereocenters. The van der Waals surface area contributed by atoms with Crippen molar-refractivity contribution < 1.29 is 4.74 Å². The fourth-order valence-corrected chi connectivity index (χ4v) is 1.65. The van der Waals surface area contributed by atoms with Gasteiger partial charge in [-0.05, 0) is 50.4 Å². The average Bonchev–Trinajstić information content (AvgIpc) is 2.38. The number of benzene rings is 1. The van der Waals surface area contributed by atoms with Crippen LogP contribution in [-0.4, -0.2) is 13.7 Å². The van der Waals surface area contributed by atoms with Crippen LogP contribution in [0.25, 0.3) is 0 Å². The van der Waals surface area contributed by atoms with E-state index >= 15 is 0 Å². The molecule has 0 atom stereocenters. The van der Waals surface area contributed by atoms with Crippen molar-refractivity contribution in [3.63, 3.8) is 0 Å². The summed E-state index contributed by atoms with van der Waals surface area (Å²) in [5.74, 6) is 0.917. The largest absolute Gasteiger partial charge is 0.497 e. The number of nitrogens with one attached hydrogen (secondary N) is 1. The Morgan fingerprint density at radius 3 is 2.59 bits per heavy atom. The van der Waals surface area contributed by atoms with Crippen molar-refractivity contribution in [1.29, 1.82) is 0 Å². The summed E-state index contributed by atoms with van der Waals surface area (Å²) in [6.45, 7) is 4.10. The molecular formula is C15H23NO. The topological polar surface area (TPSA) is 21.3 Å². The first-order valence-corrected chi connectivity index (χ1v) is 6.31. The summed E-state index contributed by atoms with van der Waals surface area (Å²) in [6.07, 6.45) is 8.04. The van der Waals surface area contributed by atoms with Crippen molar-refractivity contribution in [3.05, 3.63) is 42.0 Å². The van der Waals surface area contributed by atoms with Crippen LogP contribution in [-0.2, 0) is 6.54 Å². The Bertz CT molecular complexity index is 316. The molecule has 1 aromatic carbocycles. The van der Waals surface area contributed by atoms with E-state index in [1.54, 1.807) is 7.11 Å². The molecule has 0 saturated heterocycles. The second-order valence-electron chi connectivity index (χ2n) is 4.09. The lowest BCUT2D eigenvalue weighted by molar-refractivity contribution is 0.414. The van der Waals surface area contributed by atoms with Gasteiger partial charge in [0.05, 0.1) is 7.11 Å². The van der Waals surface area contributed by atoms with Gasteiger partial charge in [-0.25, -0.2) is 0 Å². The second kappa shape index (κ2) is 8.82.